The fourth-order valence-electron chi connectivity index (χ4n) is 8.29. The SMILES string of the molecule is CC(C)CC(C)OC(=O)c1ccccc1C(=O)OC(C)CC(C)C.O=C(O)c1ccc(Cc2ccccc2)c(Cc2ccccc2)c1C(=O)O.O=C(OCc1ccccc1)c1ccccc1C(=O)OCc1ccccc1. The molecular weight excluding hydrogens is 961 g/mol. The van der Waals surface area contributed by atoms with Gasteiger partial charge in [0, 0.05) is 0 Å². The van der Waals surface area contributed by atoms with E-state index >= 15 is 0 Å². The van der Waals surface area contributed by atoms with Gasteiger partial charge in [0.15, 0.2) is 0 Å². The molecule has 7 aromatic rings. The van der Waals surface area contributed by atoms with Crippen LogP contribution in [0.2, 0.25) is 0 Å². The van der Waals surface area contributed by atoms with E-state index in [9.17, 15) is 39.0 Å². The third-order valence-corrected chi connectivity index (χ3v) is 11.7. The van der Waals surface area contributed by atoms with Crippen molar-refractivity contribution in [2.45, 2.75) is 92.6 Å². The Bertz CT molecular complexity index is 2860. The van der Waals surface area contributed by atoms with Crippen LogP contribution in [0.15, 0.2) is 182 Å². The van der Waals surface area contributed by atoms with E-state index in [2.05, 4.69) is 27.7 Å². The minimum Gasteiger partial charge on any atom is -0.478 e. The molecule has 0 bridgehead atoms. The number of carboxylic acids is 2. The van der Waals surface area contributed by atoms with E-state index in [0.29, 0.717) is 30.2 Å². The van der Waals surface area contributed by atoms with Gasteiger partial charge in [0.05, 0.1) is 45.6 Å². The molecule has 0 aliphatic carbocycles. The molecule has 2 atom stereocenters. The van der Waals surface area contributed by atoms with Crippen LogP contribution in [0.1, 0.15) is 150 Å². The summed E-state index contributed by atoms with van der Waals surface area (Å²) in [5.41, 5.74) is 5.71. The first-order chi connectivity index (χ1) is 36.5. The highest BCUT2D eigenvalue weighted by Crippen LogP contribution is 2.26. The molecule has 0 saturated heterocycles. The summed E-state index contributed by atoms with van der Waals surface area (Å²) < 4.78 is 21.6. The summed E-state index contributed by atoms with van der Waals surface area (Å²) in [6.07, 6.45) is 2.09. The van der Waals surface area contributed by atoms with Crippen molar-refractivity contribution in [1.29, 1.82) is 0 Å². The number of carbonyl (C=O) groups is 6. The highest BCUT2D eigenvalue weighted by molar-refractivity contribution is 6.04. The molecule has 0 amide bonds. The lowest BCUT2D eigenvalue weighted by molar-refractivity contribution is 0.0250. The van der Waals surface area contributed by atoms with Crippen LogP contribution >= 0.6 is 0 Å². The molecule has 7 rings (SSSR count). The lowest BCUT2D eigenvalue weighted by atomic mass is 9.88. The summed E-state index contributed by atoms with van der Waals surface area (Å²) in [7, 11) is 0. The van der Waals surface area contributed by atoms with Crippen molar-refractivity contribution < 1.29 is 57.9 Å². The monoisotopic (exact) mass is 1030 g/mol. The van der Waals surface area contributed by atoms with Gasteiger partial charge in [0.25, 0.3) is 0 Å². The Balaban J connectivity index is 0.000000211. The standard InChI is InChI=1S/2C22H18O4.C20H30O4/c23-21(25-15-17-9-3-1-4-10-17)19-13-7-8-14-20(19)22(24)26-16-18-11-5-2-6-12-18;23-21(24)18-12-11-17(13-15-7-3-1-4-8-15)19(20(18)22(25)26)14-16-9-5-2-6-10-16;1-13(2)11-15(5)23-19(21)17-9-7-8-10-18(17)20(22)24-16(6)12-14(3)4/h1-14H,15-16H2;1-12H,13-14H2,(H,23,24)(H,25,26);7-10,13-16H,11-12H2,1-6H3. The first kappa shape index (κ1) is 58.3. The summed E-state index contributed by atoms with van der Waals surface area (Å²) in [6.45, 7) is 12.3. The van der Waals surface area contributed by atoms with Crippen molar-refractivity contribution in [3.05, 3.63) is 249 Å². The summed E-state index contributed by atoms with van der Waals surface area (Å²) in [6, 6.07) is 54.2. The quantitative estimate of drug-likeness (QED) is 0.0546. The largest absolute Gasteiger partial charge is 0.478 e. The molecule has 0 radical (unpaired) electrons. The van der Waals surface area contributed by atoms with E-state index in [1.165, 1.54) is 6.07 Å². The molecule has 0 aliphatic heterocycles. The summed E-state index contributed by atoms with van der Waals surface area (Å²) >= 11 is 0. The van der Waals surface area contributed by atoms with E-state index in [0.717, 1.165) is 40.7 Å². The Labute approximate surface area is 445 Å². The van der Waals surface area contributed by atoms with Gasteiger partial charge in [-0.3, -0.25) is 0 Å². The second kappa shape index (κ2) is 29.9. The molecule has 12 heteroatoms. The lowest BCUT2D eigenvalue weighted by Gasteiger charge is -2.18. The van der Waals surface area contributed by atoms with E-state index in [4.69, 9.17) is 18.9 Å². The van der Waals surface area contributed by atoms with Crippen LogP contribution in [-0.4, -0.2) is 58.2 Å². The van der Waals surface area contributed by atoms with Gasteiger partial charge in [-0.2, -0.15) is 0 Å². The molecule has 0 fully saturated rings. The Morgan fingerprint density at radius 1 is 0.368 bits per heavy atom. The first-order valence-corrected chi connectivity index (χ1v) is 25.2. The minimum absolute atomic E-state index is 0.130. The number of hydrogen-bond donors (Lipinski definition) is 2. The predicted molar refractivity (Wildman–Crippen MR) is 292 cm³/mol. The third-order valence-electron chi connectivity index (χ3n) is 11.7. The summed E-state index contributed by atoms with van der Waals surface area (Å²) in [4.78, 5) is 73.0. The zero-order chi connectivity index (χ0) is 55.0. The molecule has 0 spiro atoms. The zero-order valence-corrected chi connectivity index (χ0v) is 43.8. The first-order valence-electron chi connectivity index (χ1n) is 25.2. The molecule has 76 heavy (non-hydrogen) atoms. The minimum atomic E-state index is -1.23. The Morgan fingerprint density at radius 2 is 0.697 bits per heavy atom. The van der Waals surface area contributed by atoms with Gasteiger partial charge in [-0.1, -0.05) is 179 Å². The van der Waals surface area contributed by atoms with Crippen molar-refractivity contribution in [3.63, 3.8) is 0 Å². The van der Waals surface area contributed by atoms with Crippen LogP contribution in [0.25, 0.3) is 0 Å². The van der Waals surface area contributed by atoms with Gasteiger partial charge in [0.1, 0.15) is 13.2 Å². The van der Waals surface area contributed by atoms with Gasteiger partial charge in [-0.25, -0.2) is 28.8 Å². The highest BCUT2D eigenvalue weighted by atomic mass is 16.6. The molecule has 0 aliphatic rings. The van der Waals surface area contributed by atoms with Crippen molar-refractivity contribution in [3.8, 4) is 0 Å². The van der Waals surface area contributed by atoms with Crippen molar-refractivity contribution in [2.24, 2.45) is 11.8 Å². The van der Waals surface area contributed by atoms with Crippen LogP contribution in [0.4, 0.5) is 0 Å². The molecule has 0 heterocycles. The van der Waals surface area contributed by atoms with Crippen LogP contribution in [0.3, 0.4) is 0 Å². The second-order valence-electron chi connectivity index (χ2n) is 19.0. The van der Waals surface area contributed by atoms with Crippen LogP contribution in [-0.2, 0) is 45.0 Å². The topological polar surface area (TPSA) is 180 Å². The second-order valence-corrected chi connectivity index (χ2v) is 19.0. The zero-order valence-electron chi connectivity index (χ0n) is 43.8. The number of ether oxygens (including phenoxy) is 4. The molecule has 7 aromatic carbocycles. The molecule has 2 N–H and O–H groups in total. The number of benzene rings is 7. The Morgan fingerprint density at radius 3 is 1.04 bits per heavy atom. The van der Waals surface area contributed by atoms with Gasteiger partial charge >= 0.3 is 35.8 Å². The van der Waals surface area contributed by atoms with Crippen LogP contribution < -0.4 is 0 Å². The average molecular weight is 1030 g/mol. The highest BCUT2D eigenvalue weighted by Gasteiger charge is 2.25. The smallest absolute Gasteiger partial charge is 0.339 e. The maximum Gasteiger partial charge on any atom is 0.339 e. The van der Waals surface area contributed by atoms with Crippen LogP contribution in [0.5, 0.6) is 0 Å². The molecule has 12 nitrogen and oxygen atoms in total. The van der Waals surface area contributed by atoms with E-state index in [-0.39, 0.29) is 58.8 Å². The number of hydrogen-bond acceptors (Lipinski definition) is 10. The van der Waals surface area contributed by atoms with E-state index in [1.807, 2.05) is 135 Å². The fraction of sp³-hybridized carbons (Fsp3) is 0.250. The molecule has 0 saturated carbocycles. The maximum absolute atomic E-state index is 12.4. The molecule has 0 aromatic heterocycles. The summed E-state index contributed by atoms with van der Waals surface area (Å²) in [5.74, 6) is -3.65. The third kappa shape index (κ3) is 18.7. The van der Waals surface area contributed by atoms with Crippen molar-refractivity contribution in [1.82, 2.24) is 0 Å². The van der Waals surface area contributed by atoms with Crippen molar-refractivity contribution in [2.75, 3.05) is 0 Å². The molecular formula is C64H66O12. The summed E-state index contributed by atoms with van der Waals surface area (Å²) in [5, 5.41) is 19.1. The lowest BCUT2D eigenvalue weighted by Crippen LogP contribution is -2.22. The van der Waals surface area contributed by atoms with Crippen LogP contribution in [0, 0.1) is 11.8 Å². The van der Waals surface area contributed by atoms with Gasteiger partial charge in [-0.15, -0.1) is 0 Å². The Kier molecular flexibility index (Phi) is 22.9. The van der Waals surface area contributed by atoms with Gasteiger partial charge < -0.3 is 29.2 Å². The van der Waals surface area contributed by atoms with E-state index < -0.39 is 35.8 Å². The maximum atomic E-state index is 12.4. The predicted octanol–water partition coefficient (Wildman–Crippen LogP) is 13.5. The normalized spacial score (nSPS) is 11.4. The fourth-order valence-corrected chi connectivity index (χ4v) is 8.29. The number of rotatable bonds is 20. The van der Waals surface area contributed by atoms with E-state index in [1.54, 1.807) is 54.6 Å². The number of aromatic carboxylic acids is 2. The van der Waals surface area contributed by atoms with Gasteiger partial charge in [-0.05, 0) is 115 Å². The molecule has 394 valence electrons. The average Bonchev–Trinajstić information content (AvgIpc) is 3.40. The van der Waals surface area contributed by atoms with Gasteiger partial charge in [0.2, 0.25) is 0 Å². The van der Waals surface area contributed by atoms with Crippen molar-refractivity contribution >= 4 is 35.8 Å². The Hall–Kier alpha value is -8.64. The molecule has 2 unspecified atom stereocenters. The number of carbonyl (C=O) groups excluding carboxylic acids is 4. The number of esters is 4. The number of carboxylic acid groups (broad SMARTS) is 2.